The Bertz CT molecular complexity index is 880. The molecule has 0 atom stereocenters. The molecule has 1 aliphatic rings. The van der Waals surface area contributed by atoms with E-state index in [1.807, 2.05) is 45.0 Å². The number of pyridine rings is 1. The van der Waals surface area contributed by atoms with Crippen LogP contribution in [0.25, 0.3) is 11.3 Å². The summed E-state index contributed by atoms with van der Waals surface area (Å²) in [6.45, 7) is 7.02. The van der Waals surface area contributed by atoms with Crippen LogP contribution in [-0.4, -0.2) is 45.7 Å². The van der Waals surface area contributed by atoms with Crippen LogP contribution in [0.5, 0.6) is 0 Å². The van der Waals surface area contributed by atoms with E-state index in [0.29, 0.717) is 19.0 Å². The highest BCUT2D eigenvalue weighted by molar-refractivity contribution is 5.89. The SMILES string of the molecule is CC(C)(C)OC(=O)N1CCC(Cc2cccc(-c3cccc(C(=O)O)c3)n2)CC1. The Labute approximate surface area is 171 Å². The number of hydrogen-bond acceptors (Lipinski definition) is 4. The Morgan fingerprint density at radius 1 is 1.14 bits per heavy atom. The molecule has 1 aromatic carbocycles. The van der Waals surface area contributed by atoms with Crippen molar-refractivity contribution < 1.29 is 19.4 Å². The maximum atomic E-state index is 12.2. The van der Waals surface area contributed by atoms with Crippen LogP contribution in [0.2, 0.25) is 0 Å². The van der Waals surface area contributed by atoms with Crippen LogP contribution in [0.3, 0.4) is 0 Å². The van der Waals surface area contributed by atoms with Gasteiger partial charge < -0.3 is 14.7 Å². The van der Waals surface area contributed by atoms with Gasteiger partial charge in [0.1, 0.15) is 5.60 Å². The molecule has 0 unspecified atom stereocenters. The van der Waals surface area contributed by atoms with E-state index in [9.17, 15) is 14.7 Å². The first-order valence-electron chi connectivity index (χ1n) is 9.99. The second kappa shape index (κ2) is 8.64. The fourth-order valence-corrected chi connectivity index (χ4v) is 3.51. The number of amides is 1. The minimum Gasteiger partial charge on any atom is -0.478 e. The Balaban J connectivity index is 1.61. The van der Waals surface area contributed by atoms with Gasteiger partial charge in [0.2, 0.25) is 0 Å². The van der Waals surface area contributed by atoms with Crippen molar-refractivity contribution in [3.05, 3.63) is 53.7 Å². The summed E-state index contributed by atoms with van der Waals surface area (Å²) < 4.78 is 5.45. The number of benzene rings is 1. The van der Waals surface area contributed by atoms with Gasteiger partial charge in [-0.05, 0) is 70.2 Å². The summed E-state index contributed by atoms with van der Waals surface area (Å²) in [5.41, 5.74) is 2.34. The van der Waals surface area contributed by atoms with E-state index in [0.717, 1.165) is 36.2 Å². The number of carboxylic acid groups (broad SMARTS) is 1. The zero-order valence-electron chi connectivity index (χ0n) is 17.2. The minimum absolute atomic E-state index is 0.241. The standard InChI is InChI=1S/C23H28N2O4/c1-23(2,3)29-22(28)25-12-10-16(11-13-25)14-19-8-5-9-20(24-19)17-6-4-7-18(15-17)21(26)27/h4-9,15-16H,10-14H2,1-3H3,(H,26,27). The summed E-state index contributed by atoms with van der Waals surface area (Å²) in [5.74, 6) is -0.485. The molecular weight excluding hydrogens is 368 g/mol. The Kier molecular flexibility index (Phi) is 6.20. The van der Waals surface area contributed by atoms with Crippen LogP contribution in [0.15, 0.2) is 42.5 Å². The van der Waals surface area contributed by atoms with E-state index in [-0.39, 0.29) is 11.7 Å². The second-order valence-electron chi connectivity index (χ2n) is 8.52. The fraction of sp³-hybridized carbons (Fsp3) is 0.435. The van der Waals surface area contributed by atoms with E-state index < -0.39 is 11.6 Å². The number of carbonyl (C=O) groups is 2. The highest BCUT2D eigenvalue weighted by Crippen LogP contribution is 2.24. The molecule has 0 bridgehead atoms. The first-order chi connectivity index (χ1) is 13.7. The molecule has 6 nitrogen and oxygen atoms in total. The molecule has 2 heterocycles. The number of nitrogens with zero attached hydrogens (tertiary/aromatic N) is 2. The molecule has 1 saturated heterocycles. The maximum Gasteiger partial charge on any atom is 0.410 e. The van der Waals surface area contributed by atoms with Crippen molar-refractivity contribution in [2.75, 3.05) is 13.1 Å². The summed E-state index contributed by atoms with van der Waals surface area (Å²) in [4.78, 5) is 29.9. The molecule has 0 saturated carbocycles. The van der Waals surface area contributed by atoms with E-state index in [1.165, 1.54) is 0 Å². The van der Waals surface area contributed by atoms with Crippen molar-refractivity contribution in [3.8, 4) is 11.3 Å². The predicted octanol–water partition coefficient (Wildman–Crippen LogP) is 4.64. The molecule has 1 aliphatic heterocycles. The number of ether oxygens (including phenoxy) is 1. The molecule has 1 fully saturated rings. The third-order valence-electron chi connectivity index (χ3n) is 4.98. The molecule has 0 spiro atoms. The maximum absolute atomic E-state index is 12.2. The lowest BCUT2D eigenvalue weighted by molar-refractivity contribution is 0.0184. The van der Waals surface area contributed by atoms with E-state index in [4.69, 9.17) is 9.72 Å². The summed E-state index contributed by atoms with van der Waals surface area (Å²) in [5, 5.41) is 9.19. The molecule has 154 valence electrons. The van der Waals surface area contributed by atoms with E-state index in [1.54, 1.807) is 23.1 Å². The van der Waals surface area contributed by atoms with Gasteiger partial charge in [0, 0.05) is 24.3 Å². The molecule has 3 rings (SSSR count). The number of carbonyl (C=O) groups excluding carboxylic acids is 1. The zero-order chi connectivity index (χ0) is 21.0. The van der Waals surface area contributed by atoms with Gasteiger partial charge in [0.25, 0.3) is 0 Å². The lowest BCUT2D eigenvalue weighted by Crippen LogP contribution is -2.42. The smallest absolute Gasteiger partial charge is 0.410 e. The topological polar surface area (TPSA) is 79.7 Å². The van der Waals surface area contributed by atoms with Gasteiger partial charge in [-0.1, -0.05) is 18.2 Å². The van der Waals surface area contributed by atoms with Crippen LogP contribution in [0, 0.1) is 5.92 Å². The average molecular weight is 396 g/mol. The minimum atomic E-state index is -0.945. The molecule has 1 aromatic heterocycles. The molecule has 0 radical (unpaired) electrons. The fourth-order valence-electron chi connectivity index (χ4n) is 3.51. The van der Waals surface area contributed by atoms with Crippen molar-refractivity contribution >= 4 is 12.1 Å². The second-order valence-corrected chi connectivity index (χ2v) is 8.52. The van der Waals surface area contributed by atoms with Gasteiger partial charge >= 0.3 is 12.1 Å². The van der Waals surface area contributed by atoms with Crippen LogP contribution in [-0.2, 0) is 11.2 Å². The number of piperidine rings is 1. The summed E-state index contributed by atoms with van der Waals surface area (Å²) >= 11 is 0. The van der Waals surface area contributed by atoms with Crippen molar-refractivity contribution in [2.24, 2.45) is 5.92 Å². The van der Waals surface area contributed by atoms with Gasteiger partial charge in [0.15, 0.2) is 0 Å². The predicted molar refractivity (Wildman–Crippen MR) is 111 cm³/mol. The van der Waals surface area contributed by atoms with Crippen molar-refractivity contribution in [2.45, 2.75) is 45.6 Å². The first-order valence-corrected chi connectivity index (χ1v) is 9.99. The highest BCUT2D eigenvalue weighted by atomic mass is 16.6. The molecule has 6 heteroatoms. The number of carboxylic acids is 1. The highest BCUT2D eigenvalue weighted by Gasteiger charge is 2.27. The molecule has 1 amide bonds. The number of aromatic nitrogens is 1. The number of likely N-dealkylation sites (tertiary alicyclic amines) is 1. The van der Waals surface area contributed by atoms with E-state index in [2.05, 4.69) is 0 Å². The molecule has 2 aromatic rings. The average Bonchev–Trinajstić information content (AvgIpc) is 2.67. The van der Waals surface area contributed by atoms with E-state index >= 15 is 0 Å². The summed E-state index contributed by atoms with van der Waals surface area (Å²) in [6.07, 6.45) is 2.43. The van der Waals surface area contributed by atoms with Crippen LogP contribution in [0.1, 0.15) is 49.7 Å². The lowest BCUT2D eigenvalue weighted by atomic mass is 9.92. The largest absolute Gasteiger partial charge is 0.478 e. The normalized spacial score (nSPS) is 15.2. The van der Waals surface area contributed by atoms with Crippen molar-refractivity contribution in [3.63, 3.8) is 0 Å². The summed E-state index contributed by atoms with van der Waals surface area (Å²) in [7, 11) is 0. The third-order valence-corrected chi connectivity index (χ3v) is 4.98. The zero-order valence-corrected chi connectivity index (χ0v) is 17.2. The Hall–Kier alpha value is -2.89. The number of hydrogen-bond donors (Lipinski definition) is 1. The molecule has 0 aliphatic carbocycles. The lowest BCUT2D eigenvalue weighted by Gasteiger charge is -2.33. The summed E-state index contributed by atoms with van der Waals surface area (Å²) in [6, 6.07) is 12.7. The van der Waals surface area contributed by atoms with Gasteiger partial charge in [-0.15, -0.1) is 0 Å². The number of aromatic carboxylic acids is 1. The Morgan fingerprint density at radius 2 is 1.83 bits per heavy atom. The van der Waals surface area contributed by atoms with Gasteiger partial charge in [0.05, 0.1) is 11.3 Å². The van der Waals surface area contributed by atoms with Crippen LogP contribution >= 0.6 is 0 Å². The Morgan fingerprint density at radius 3 is 2.48 bits per heavy atom. The monoisotopic (exact) mass is 396 g/mol. The first kappa shape index (κ1) is 20.8. The van der Waals surface area contributed by atoms with Gasteiger partial charge in [-0.2, -0.15) is 0 Å². The third kappa shape index (κ3) is 5.79. The molecule has 29 heavy (non-hydrogen) atoms. The van der Waals surface area contributed by atoms with Gasteiger partial charge in [-0.3, -0.25) is 4.98 Å². The molecule has 1 N–H and O–H groups in total. The quantitative estimate of drug-likeness (QED) is 0.815. The van der Waals surface area contributed by atoms with Crippen molar-refractivity contribution in [1.29, 1.82) is 0 Å². The van der Waals surface area contributed by atoms with Crippen LogP contribution < -0.4 is 0 Å². The van der Waals surface area contributed by atoms with Crippen LogP contribution in [0.4, 0.5) is 4.79 Å². The molecular formula is C23H28N2O4. The van der Waals surface area contributed by atoms with Gasteiger partial charge in [-0.25, -0.2) is 9.59 Å². The number of rotatable bonds is 4. The van der Waals surface area contributed by atoms with Crippen molar-refractivity contribution in [1.82, 2.24) is 9.88 Å².